The standard InChI is InChI=1S/C32H39N7O7S/c1-3-4-11-28-33-32(16-7-8-17-32)30(40)37(28)22-24-12-14-25(15-13-24)26-9-5-6-10-27(26)29-34-36-38(35-29)23(2)46-31(41)44-18-20-47-21-19-45-39(42)43/h5-6,9-10,12-15,23H,3-4,7-8,11,16-22H2,1-2H3. The van der Waals surface area contributed by atoms with Crippen molar-refractivity contribution in [3.63, 3.8) is 0 Å². The normalized spacial score (nSPS) is 15.9. The highest BCUT2D eigenvalue weighted by atomic mass is 32.2. The summed E-state index contributed by atoms with van der Waals surface area (Å²) in [7, 11) is 0. The molecular weight excluding hydrogens is 626 g/mol. The molecule has 15 heteroatoms. The summed E-state index contributed by atoms with van der Waals surface area (Å²) in [4.78, 5) is 48.1. The lowest BCUT2D eigenvalue weighted by Crippen LogP contribution is -2.40. The zero-order valence-corrected chi connectivity index (χ0v) is 27.4. The minimum Gasteiger partial charge on any atom is -0.433 e. The number of hydrogen-bond acceptors (Lipinski definition) is 12. The Morgan fingerprint density at radius 1 is 1.09 bits per heavy atom. The number of rotatable bonds is 16. The smallest absolute Gasteiger partial charge is 0.433 e. The summed E-state index contributed by atoms with van der Waals surface area (Å²) in [5.74, 6) is 2.25. The minimum atomic E-state index is -0.892. The van der Waals surface area contributed by atoms with Crippen LogP contribution in [0.25, 0.3) is 22.5 Å². The SMILES string of the molecule is CCCCC1=NC2(CCCC2)C(=O)N1Cc1ccc(-c2ccccc2-c2nnn(C(C)OC(=O)OCCSCCO[N+](=O)[O-])n2)cc1. The van der Waals surface area contributed by atoms with Crippen molar-refractivity contribution in [2.24, 2.45) is 4.99 Å². The van der Waals surface area contributed by atoms with E-state index in [9.17, 15) is 19.7 Å². The molecule has 1 atom stereocenters. The van der Waals surface area contributed by atoms with Gasteiger partial charge in [-0.2, -0.15) is 11.8 Å². The maximum absolute atomic E-state index is 13.5. The van der Waals surface area contributed by atoms with Crippen molar-refractivity contribution >= 4 is 29.7 Å². The summed E-state index contributed by atoms with van der Waals surface area (Å²) in [6.45, 7) is 4.28. The van der Waals surface area contributed by atoms with Crippen molar-refractivity contribution in [2.75, 3.05) is 24.7 Å². The number of amidine groups is 1. The Labute approximate surface area is 277 Å². The fourth-order valence-electron chi connectivity index (χ4n) is 5.76. The second-order valence-electron chi connectivity index (χ2n) is 11.4. The van der Waals surface area contributed by atoms with Gasteiger partial charge in [-0.15, -0.1) is 25.1 Å². The Hall–Kier alpha value is -4.53. The number of tetrazole rings is 1. The van der Waals surface area contributed by atoms with Gasteiger partial charge in [0.25, 0.3) is 11.0 Å². The number of unbranched alkanes of at least 4 members (excludes halogenated alkanes) is 1. The zero-order valence-electron chi connectivity index (χ0n) is 26.6. The number of aromatic nitrogens is 4. The molecule has 1 aliphatic heterocycles. The Bertz CT molecular complexity index is 1570. The molecule has 1 aliphatic carbocycles. The summed E-state index contributed by atoms with van der Waals surface area (Å²) >= 11 is 1.34. The van der Waals surface area contributed by atoms with Crippen molar-refractivity contribution in [3.8, 4) is 22.5 Å². The third-order valence-corrected chi connectivity index (χ3v) is 9.06. The maximum Gasteiger partial charge on any atom is 0.510 e. The number of aliphatic imine (C=N–C) groups is 1. The molecule has 1 fully saturated rings. The second kappa shape index (κ2) is 15.8. The Balaban J connectivity index is 1.19. The van der Waals surface area contributed by atoms with Crippen LogP contribution in [-0.2, 0) is 25.7 Å². The van der Waals surface area contributed by atoms with Gasteiger partial charge >= 0.3 is 6.16 Å². The lowest BCUT2D eigenvalue weighted by molar-refractivity contribution is -0.756. The molecule has 0 radical (unpaired) electrons. The number of hydrogen-bond donors (Lipinski definition) is 0. The van der Waals surface area contributed by atoms with Crippen LogP contribution in [0.3, 0.4) is 0 Å². The number of carbonyl (C=O) groups is 2. The van der Waals surface area contributed by atoms with Gasteiger partial charge in [-0.1, -0.05) is 74.7 Å². The number of thioether (sulfide) groups is 1. The van der Waals surface area contributed by atoms with Gasteiger partial charge in [0.15, 0.2) is 0 Å². The van der Waals surface area contributed by atoms with E-state index in [4.69, 9.17) is 14.5 Å². The molecule has 2 heterocycles. The van der Waals surface area contributed by atoms with E-state index in [0.29, 0.717) is 23.9 Å². The van der Waals surface area contributed by atoms with Gasteiger partial charge in [-0.05, 0) is 48.1 Å². The summed E-state index contributed by atoms with van der Waals surface area (Å²) in [5.41, 5.74) is 3.10. The lowest BCUT2D eigenvalue weighted by atomic mass is 9.97. The van der Waals surface area contributed by atoms with Gasteiger partial charge in [0.05, 0.1) is 6.54 Å². The molecule has 1 amide bonds. The largest absolute Gasteiger partial charge is 0.510 e. The topological polar surface area (TPSA) is 164 Å². The van der Waals surface area contributed by atoms with E-state index < -0.39 is 23.0 Å². The van der Waals surface area contributed by atoms with Crippen LogP contribution in [0.5, 0.6) is 0 Å². The molecule has 5 rings (SSSR count). The highest BCUT2D eigenvalue weighted by Gasteiger charge is 2.49. The van der Waals surface area contributed by atoms with E-state index in [1.165, 1.54) is 16.6 Å². The van der Waals surface area contributed by atoms with Crippen LogP contribution in [0.1, 0.15) is 70.6 Å². The lowest BCUT2D eigenvalue weighted by Gasteiger charge is -2.23. The molecule has 1 spiro atoms. The first-order valence-corrected chi connectivity index (χ1v) is 17.0. The number of carbonyl (C=O) groups excluding carboxylic acids is 2. The van der Waals surface area contributed by atoms with E-state index in [1.807, 2.05) is 53.4 Å². The third kappa shape index (κ3) is 8.44. The van der Waals surface area contributed by atoms with Crippen molar-refractivity contribution < 1.29 is 29.0 Å². The third-order valence-electron chi connectivity index (χ3n) is 8.15. The number of amides is 1. The maximum atomic E-state index is 13.5. The van der Waals surface area contributed by atoms with Crippen LogP contribution < -0.4 is 0 Å². The summed E-state index contributed by atoms with van der Waals surface area (Å²) in [6.07, 6.45) is 4.89. The van der Waals surface area contributed by atoms with Crippen LogP contribution in [0.15, 0.2) is 53.5 Å². The molecule has 2 aromatic carbocycles. The zero-order chi connectivity index (χ0) is 33.2. The van der Waals surface area contributed by atoms with Crippen molar-refractivity contribution in [3.05, 3.63) is 64.2 Å². The van der Waals surface area contributed by atoms with Gasteiger partial charge in [0, 0.05) is 23.5 Å². The highest BCUT2D eigenvalue weighted by molar-refractivity contribution is 7.99. The molecule has 2 aliphatic rings. The fraction of sp³-hybridized carbons (Fsp3) is 0.500. The predicted molar refractivity (Wildman–Crippen MR) is 175 cm³/mol. The van der Waals surface area contributed by atoms with E-state index >= 15 is 0 Å². The van der Waals surface area contributed by atoms with E-state index in [2.05, 4.69) is 27.2 Å². The monoisotopic (exact) mass is 665 g/mol. The second-order valence-corrected chi connectivity index (χ2v) is 12.6. The van der Waals surface area contributed by atoms with Crippen LogP contribution >= 0.6 is 11.8 Å². The molecule has 0 N–H and O–H groups in total. The molecule has 47 heavy (non-hydrogen) atoms. The molecule has 0 saturated heterocycles. The quantitative estimate of drug-likeness (QED) is 0.0778. The van der Waals surface area contributed by atoms with E-state index in [0.717, 1.165) is 73.0 Å². The molecule has 1 aromatic heterocycles. The first-order chi connectivity index (χ1) is 22.8. The first kappa shape index (κ1) is 33.8. The molecule has 3 aromatic rings. The van der Waals surface area contributed by atoms with Gasteiger partial charge in [0.2, 0.25) is 12.1 Å². The molecule has 250 valence electrons. The molecule has 1 unspecified atom stereocenters. The Kier molecular flexibility index (Phi) is 11.4. The number of nitrogens with zero attached hydrogens (tertiary/aromatic N) is 7. The number of benzene rings is 2. The van der Waals surface area contributed by atoms with Crippen LogP contribution in [0, 0.1) is 10.1 Å². The Morgan fingerprint density at radius 2 is 1.81 bits per heavy atom. The Morgan fingerprint density at radius 3 is 2.53 bits per heavy atom. The van der Waals surface area contributed by atoms with Crippen molar-refractivity contribution in [2.45, 2.75) is 77.1 Å². The van der Waals surface area contributed by atoms with Gasteiger partial charge < -0.3 is 14.3 Å². The van der Waals surface area contributed by atoms with Crippen LogP contribution in [-0.4, -0.2) is 78.4 Å². The highest BCUT2D eigenvalue weighted by Crippen LogP contribution is 2.40. The fourth-order valence-corrected chi connectivity index (χ4v) is 6.36. The molecule has 0 bridgehead atoms. The minimum absolute atomic E-state index is 0.0367. The predicted octanol–water partition coefficient (Wildman–Crippen LogP) is 5.86. The van der Waals surface area contributed by atoms with Gasteiger partial charge in [0.1, 0.15) is 24.6 Å². The van der Waals surface area contributed by atoms with E-state index in [-0.39, 0.29) is 19.1 Å². The van der Waals surface area contributed by atoms with Crippen LogP contribution in [0.2, 0.25) is 0 Å². The van der Waals surface area contributed by atoms with Crippen molar-refractivity contribution in [1.29, 1.82) is 0 Å². The van der Waals surface area contributed by atoms with Crippen LogP contribution in [0.4, 0.5) is 4.79 Å². The van der Waals surface area contributed by atoms with E-state index in [1.54, 1.807) is 6.92 Å². The number of ether oxygens (including phenoxy) is 2. The summed E-state index contributed by atoms with van der Waals surface area (Å²) < 4.78 is 10.3. The summed E-state index contributed by atoms with van der Waals surface area (Å²) in [5, 5.41) is 22.1. The molecule has 1 saturated carbocycles. The van der Waals surface area contributed by atoms with Gasteiger partial charge in [-0.3, -0.25) is 14.7 Å². The average molecular weight is 666 g/mol. The first-order valence-electron chi connectivity index (χ1n) is 15.9. The summed E-state index contributed by atoms with van der Waals surface area (Å²) in [6, 6.07) is 15.9. The molecular formula is C32H39N7O7S. The van der Waals surface area contributed by atoms with Gasteiger partial charge in [-0.25, -0.2) is 4.79 Å². The average Bonchev–Trinajstić information content (AvgIpc) is 3.81. The van der Waals surface area contributed by atoms with Crippen molar-refractivity contribution in [1.82, 2.24) is 25.1 Å². The molecule has 14 nitrogen and oxygen atoms in total.